The molecule has 0 saturated heterocycles. The maximum atomic E-state index is 12.1. The highest BCUT2D eigenvalue weighted by Crippen LogP contribution is 2.27. The number of hydrogen-bond acceptors (Lipinski definition) is 3. The fraction of sp³-hybridized carbons (Fsp3) is 0.571. The first-order chi connectivity index (χ1) is 9.43. The van der Waals surface area contributed by atoms with E-state index >= 15 is 0 Å². The summed E-state index contributed by atoms with van der Waals surface area (Å²) in [6, 6.07) is 4.91. The van der Waals surface area contributed by atoms with Gasteiger partial charge in [-0.05, 0) is 30.0 Å². The van der Waals surface area contributed by atoms with Gasteiger partial charge in [-0.25, -0.2) is 0 Å². The van der Waals surface area contributed by atoms with Gasteiger partial charge in [-0.3, -0.25) is 0 Å². The Morgan fingerprint density at radius 1 is 1.35 bits per heavy atom. The normalized spacial score (nSPS) is 13.0. The lowest BCUT2D eigenvalue weighted by atomic mass is 10.0. The molecule has 0 aliphatic carbocycles. The van der Waals surface area contributed by atoms with Gasteiger partial charge in [0.05, 0.1) is 5.02 Å². The molecule has 1 unspecified atom stereocenters. The highest BCUT2D eigenvalue weighted by molar-refractivity contribution is 6.32. The van der Waals surface area contributed by atoms with Crippen LogP contribution in [0.15, 0.2) is 18.2 Å². The fourth-order valence-electron chi connectivity index (χ4n) is 1.90. The first-order valence-electron chi connectivity index (χ1n) is 6.51. The van der Waals surface area contributed by atoms with Crippen LogP contribution in [0.5, 0.6) is 5.75 Å². The molecule has 0 amide bonds. The monoisotopic (exact) mass is 307 g/mol. The highest BCUT2D eigenvalue weighted by Gasteiger charge is 2.13. The zero-order valence-electron chi connectivity index (χ0n) is 11.6. The van der Waals surface area contributed by atoms with Crippen LogP contribution in [0.1, 0.15) is 25.8 Å². The van der Waals surface area contributed by atoms with Crippen LogP contribution in [-0.2, 0) is 6.54 Å². The highest BCUT2D eigenvalue weighted by atomic mass is 35.5. The van der Waals surface area contributed by atoms with Crippen molar-refractivity contribution in [1.82, 2.24) is 5.32 Å². The fourth-order valence-corrected chi connectivity index (χ4v) is 2.15. The van der Waals surface area contributed by atoms with Crippen LogP contribution in [-0.4, -0.2) is 24.4 Å². The molecule has 1 atom stereocenters. The topological polar surface area (TPSA) is 41.5 Å². The molecule has 0 aliphatic rings. The summed E-state index contributed by atoms with van der Waals surface area (Å²) in [5.41, 5.74) is 0.875. The predicted octanol–water partition coefficient (Wildman–Crippen LogP) is 3.44. The Morgan fingerprint density at radius 3 is 2.55 bits per heavy atom. The Labute approximate surface area is 122 Å². The van der Waals surface area contributed by atoms with E-state index in [1.54, 1.807) is 12.1 Å². The molecule has 0 saturated carbocycles. The summed E-state index contributed by atoms with van der Waals surface area (Å²) >= 11 is 5.89. The van der Waals surface area contributed by atoms with Crippen molar-refractivity contribution >= 4 is 11.6 Å². The van der Waals surface area contributed by atoms with E-state index in [2.05, 4.69) is 23.9 Å². The summed E-state index contributed by atoms with van der Waals surface area (Å²) in [6.45, 7) is 1.93. The van der Waals surface area contributed by atoms with Crippen molar-refractivity contribution in [2.45, 2.75) is 39.5 Å². The average molecular weight is 308 g/mol. The van der Waals surface area contributed by atoms with E-state index < -0.39 is 6.61 Å². The number of alkyl halides is 2. The molecule has 0 aliphatic heterocycles. The third kappa shape index (κ3) is 5.61. The minimum atomic E-state index is -2.88. The summed E-state index contributed by atoms with van der Waals surface area (Å²) in [7, 11) is 0. The summed E-state index contributed by atoms with van der Waals surface area (Å²) in [5, 5.41) is 12.5. The minimum Gasteiger partial charge on any atom is -0.433 e. The van der Waals surface area contributed by atoms with Crippen LogP contribution >= 0.6 is 11.6 Å². The molecule has 0 bridgehead atoms. The summed E-state index contributed by atoms with van der Waals surface area (Å²) < 4.78 is 28.5. The molecular formula is C14H20ClF2NO2. The van der Waals surface area contributed by atoms with Gasteiger partial charge in [0.15, 0.2) is 0 Å². The van der Waals surface area contributed by atoms with E-state index in [9.17, 15) is 8.78 Å². The zero-order chi connectivity index (χ0) is 15.1. The van der Waals surface area contributed by atoms with Crippen LogP contribution in [0.4, 0.5) is 8.78 Å². The van der Waals surface area contributed by atoms with E-state index in [4.69, 9.17) is 16.7 Å². The molecule has 2 N–H and O–H groups in total. The Kier molecular flexibility index (Phi) is 7.19. The number of aliphatic hydroxyl groups is 1. The summed E-state index contributed by atoms with van der Waals surface area (Å²) in [4.78, 5) is 0. The molecule has 1 rings (SSSR count). The first-order valence-corrected chi connectivity index (χ1v) is 6.89. The van der Waals surface area contributed by atoms with Crippen LogP contribution in [0.3, 0.4) is 0 Å². The van der Waals surface area contributed by atoms with Gasteiger partial charge in [-0.1, -0.05) is 31.5 Å². The molecule has 0 spiro atoms. The second-order valence-electron chi connectivity index (χ2n) is 4.89. The molecule has 114 valence electrons. The van der Waals surface area contributed by atoms with E-state index in [-0.39, 0.29) is 23.4 Å². The number of halogens is 3. The van der Waals surface area contributed by atoms with Crippen molar-refractivity contribution in [3.8, 4) is 5.75 Å². The Hall–Kier alpha value is -0.910. The van der Waals surface area contributed by atoms with E-state index in [1.165, 1.54) is 6.07 Å². The lowest BCUT2D eigenvalue weighted by Gasteiger charge is -2.21. The Bertz CT molecular complexity index is 416. The molecule has 0 radical (unpaired) electrons. The molecule has 20 heavy (non-hydrogen) atoms. The van der Waals surface area contributed by atoms with Gasteiger partial charge in [0, 0.05) is 19.2 Å². The number of benzene rings is 1. The van der Waals surface area contributed by atoms with Crippen molar-refractivity contribution < 1.29 is 18.6 Å². The third-order valence-corrected chi connectivity index (χ3v) is 3.32. The number of hydrogen-bond donors (Lipinski definition) is 2. The van der Waals surface area contributed by atoms with Crippen LogP contribution in [0, 0.1) is 5.92 Å². The van der Waals surface area contributed by atoms with Crippen molar-refractivity contribution in [3.05, 3.63) is 28.8 Å². The average Bonchev–Trinajstić information content (AvgIpc) is 2.36. The van der Waals surface area contributed by atoms with Gasteiger partial charge in [0.25, 0.3) is 0 Å². The molecule has 3 nitrogen and oxygen atoms in total. The van der Waals surface area contributed by atoms with E-state index in [0.717, 1.165) is 5.56 Å². The largest absolute Gasteiger partial charge is 0.433 e. The standard InChI is InChI=1S/C14H20ClF2NO2/c1-9(2)12(5-6-19)18-8-10-3-4-13(11(15)7-10)20-14(16)17/h3-4,7,9,12,14,18-19H,5-6,8H2,1-2H3. The zero-order valence-corrected chi connectivity index (χ0v) is 12.3. The number of ether oxygens (including phenoxy) is 1. The van der Waals surface area contributed by atoms with Crippen LogP contribution in [0.2, 0.25) is 5.02 Å². The predicted molar refractivity (Wildman–Crippen MR) is 75.3 cm³/mol. The van der Waals surface area contributed by atoms with E-state index in [1.807, 2.05) is 0 Å². The van der Waals surface area contributed by atoms with Gasteiger partial charge < -0.3 is 15.2 Å². The second kappa shape index (κ2) is 8.39. The quantitative estimate of drug-likeness (QED) is 0.773. The van der Waals surface area contributed by atoms with Crippen molar-refractivity contribution in [1.29, 1.82) is 0 Å². The summed E-state index contributed by atoms with van der Waals surface area (Å²) in [6.07, 6.45) is 0.665. The molecule has 1 aromatic rings. The smallest absolute Gasteiger partial charge is 0.387 e. The lowest BCUT2D eigenvalue weighted by molar-refractivity contribution is -0.0497. The van der Waals surface area contributed by atoms with Gasteiger partial charge in [0.1, 0.15) is 5.75 Å². The lowest BCUT2D eigenvalue weighted by Crippen LogP contribution is -2.34. The first kappa shape index (κ1) is 17.1. The summed E-state index contributed by atoms with van der Waals surface area (Å²) in [5.74, 6) is 0.361. The number of nitrogens with one attached hydrogen (secondary N) is 1. The van der Waals surface area contributed by atoms with Crippen LogP contribution < -0.4 is 10.1 Å². The Balaban J connectivity index is 2.62. The minimum absolute atomic E-state index is 0.0267. The van der Waals surface area contributed by atoms with Gasteiger partial charge >= 0.3 is 6.61 Å². The van der Waals surface area contributed by atoms with Crippen molar-refractivity contribution in [3.63, 3.8) is 0 Å². The van der Waals surface area contributed by atoms with Crippen molar-refractivity contribution in [2.24, 2.45) is 5.92 Å². The Morgan fingerprint density at radius 2 is 2.05 bits per heavy atom. The number of aliphatic hydroxyl groups excluding tert-OH is 1. The molecule has 0 fully saturated rings. The third-order valence-electron chi connectivity index (χ3n) is 3.03. The molecule has 0 aromatic heterocycles. The molecule has 6 heteroatoms. The SMILES string of the molecule is CC(C)C(CCO)NCc1ccc(OC(F)F)c(Cl)c1. The molecule has 0 heterocycles. The second-order valence-corrected chi connectivity index (χ2v) is 5.29. The van der Waals surface area contributed by atoms with Crippen LogP contribution in [0.25, 0.3) is 0 Å². The maximum Gasteiger partial charge on any atom is 0.387 e. The van der Waals surface area contributed by atoms with Gasteiger partial charge in [-0.2, -0.15) is 8.78 Å². The van der Waals surface area contributed by atoms with E-state index in [0.29, 0.717) is 18.9 Å². The van der Waals surface area contributed by atoms with Gasteiger partial charge in [0.2, 0.25) is 0 Å². The number of rotatable bonds is 8. The van der Waals surface area contributed by atoms with Crippen molar-refractivity contribution in [2.75, 3.05) is 6.61 Å². The van der Waals surface area contributed by atoms with Gasteiger partial charge in [-0.15, -0.1) is 0 Å². The maximum absolute atomic E-state index is 12.1. The molecule has 1 aromatic carbocycles. The molecular weight excluding hydrogens is 288 g/mol.